The smallest absolute Gasteiger partial charge is 0.345 e. The van der Waals surface area contributed by atoms with Crippen molar-refractivity contribution in [2.24, 2.45) is 0 Å². The molecule has 7 nitrogen and oxygen atoms in total. The van der Waals surface area contributed by atoms with Crippen LogP contribution in [0.25, 0.3) is 22.2 Å². The molecule has 1 aliphatic rings. The number of nitrogens with zero attached hydrogens (tertiary/aromatic N) is 1. The number of hydrogen-bond acceptors (Lipinski definition) is 4. The first-order valence-electron chi connectivity index (χ1n) is 10.0. The first-order valence-corrected chi connectivity index (χ1v) is 10.0. The van der Waals surface area contributed by atoms with E-state index in [-0.39, 0.29) is 12.4 Å². The van der Waals surface area contributed by atoms with E-state index in [4.69, 9.17) is 0 Å². The molecule has 1 aromatic carbocycles. The SMILES string of the molecule is CCc1c(-c2ccc3cc(CCN4CCCC4)[nH]c3c2)[nH]c(=O)c(C(=O)O)c1O.Cl. The molecule has 2 aromatic heterocycles. The fourth-order valence-electron chi connectivity index (χ4n) is 4.18. The summed E-state index contributed by atoms with van der Waals surface area (Å²) in [6, 6.07) is 7.92. The molecule has 4 N–H and O–H groups in total. The van der Waals surface area contributed by atoms with E-state index < -0.39 is 22.8 Å². The summed E-state index contributed by atoms with van der Waals surface area (Å²) in [4.78, 5) is 32.1. The molecular weight excluding hydrogens is 406 g/mol. The van der Waals surface area contributed by atoms with Crippen molar-refractivity contribution in [3.63, 3.8) is 0 Å². The summed E-state index contributed by atoms with van der Waals surface area (Å²) < 4.78 is 0. The lowest BCUT2D eigenvalue weighted by molar-refractivity contribution is 0.0691. The highest BCUT2D eigenvalue weighted by atomic mass is 35.5. The molecule has 160 valence electrons. The van der Waals surface area contributed by atoms with Crippen LogP contribution >= 0.6 is 12.4 Å². The number of hydrogen-bond donors (Lipinski definition) is 4. The number of carboxylic acid groups (broad SMARTS) is 1. The molecule has 0 spiro atoms. The van der Waals surface area contributed by atoms with Gasteiger partial charge < -0.3 is 25.1 Å². The number of benzene rings is 1. The molecule has 3 aromatic rings. The topological polar surface area (TPSA) is 109 Å². The molecule has 1 aliphatic heterocycles. The minimum Gasteiger partial charge on any atom is -0.506 e. The largest absolute Gasteiger partial charge is 0.506 e. The second kappa shape index (κ2) is 8.93. The molecule has 0 radical (unpaired) electrons. The average Bonchev–Trinajstić information content (AvgIpc) is 3.34. The molecular formula is C22H26ClN3O4. The molecule has 8 heteroatoms. The Labute approximate surface area is 180 Å². The van der Waals surface area contributed by atoms with Crippen molar-refractivity contribution in [3.05, 3.63) is 51.4 Å². The highest BCUT2D eigenvalue weighted by Gasteiger charge is 2.22. The minimum absolute atomic E-state index is 0. The van der Waals surface area contributed by atoms with Crippen LogP contribution in [0, 0.1) is 0 Å². The van der Waals surface area contributed by atoms with Gasteiger partial charge in [-0.15, -0.1) is 12.4 Å². The van der Waals surface area contributed by atoms with Crippen LogP contribution in [-0.4, -0.2) is 50.7 Å². The predicted molar refractivity (Wildman–Crippen MR) is 119 cm³/mol. The Hall–Kier alpha value is -2.77. The second-order valence-electron chi connectivity index (χ2n) is 7.59. The van der Waals surface area contributed by atoms with Crippen LogP contribution in [0.15, 0.2) is 29.1 Å². The van der Waals surface area contributed by atoms with E-state index in [0.29, 0.717) is 17.7 Å². The monoisotopic (exact) mass is 431 g/mol. The lowest BCUT2D eigenvalue weighted by Gasteiger charge is -2.13. The Balaban J connectivity index is 0.00000256. The summed E-state index contributed by atoms with van der Waals surface area (Å²) in [5, 5.41) is 20.7. The first kappa shape index (κ1) is 21.9. The maximum absolute atomic E-state index is 12.2. The number of carboxylic acids is 1. The standard InChI is InChI=1S/C22H25N3O4.ClH/c1-2-16-19(24-21(27)18(20(16)26)22(28)29)14-6-5-13-11-15(23-17(13)12-14)7-10-25-8-3-4-9-25;/h5-6,11-12,23H,2-4,7-10H2,1H3,(H,28,29)(H2,24,26,27);1H. The van der Waals surface area contributed by atoms with Gasteiger partial charge in [-0.1, -0.05) is 19.1 Å². The van der Waals surface area contributed by atoms with Gasteiger partial charge in [-0.25, -0.2) is 4.79 Å². The molecule has 1 fully saturated rings. The number of likely N-dealkylation sites (tertiary alicyclic amines) is 1. The Morgan fingerprint density at radius 3 is 2.57 bits per heavy atom. The summed E-state index contributed by atoms with van der Waals surface area (Å²) in [6.07, 6.45) is 3.90. The Morgan fingerprint density at radius 2 is 1.90 bits per heavy atom. The number of halogens is 1. The van der Waals surface area contributed by atoms with E-state index in [9.17, 15) is 19.8 Å². The number of aromatic carboxylic acids is 1. The Bertz CT molecular complexity index is 1130. The number of aromatic amines is 2. The number of rotatable bonds is 6. The summed E-state index contributed by atoms with van der Waals surface area (Å²) in [6.45, 7) is 5.20. The quantitative estimate of drug-likeness (QED) is 0.477. The third-order valence-electron chi connectivity index (χ3n) is 5.72. The molecule has 0 saturated carbocycles. The van der Waals surface area contributed by atoms with Crippen molar-refractivity contribution in [3.8, 4) is 17.0 Å². The van der Waals surface area contributed by atoms with E-state index in [0.717, 1.165) is 35.1 Å². The third kappa shape index (κ3) is 4.08. The van der Waals surface area contributed by atoms with Crippen LogP contribution in [0.4, 0.5) is 0 Å². The maximum atomic E-state index is 12.2. The lowest BCUT2D eigenvalue weighted by atomic mass is 10.00. The van der Waals surface area contributed by atoms with Crippen LogP contribution in [0.1, 0.15) is 41.4 Å². The summed E-state index contributed by atoms with van der Waals surface area (Å²) in [5.41, 5.74) is 2.29. The molecule has 3 heterocycles. The van der Waals surface area contributed by atoms with Crippen molar-refractivity contribution >= 4 is 29.3 Å². The molecule has 0 atom stereocenters. The van der Waals surface area contributed by atoms with E-state index in [1.54, 1.807) is 0 Å². The molecule has 0 unspecified atom stereocenters. The van der Waals surface area contributed by atoms with E-state index >= 15 is 0 Å². The zero-order chi connectivity index (χ0) is 20.5. The number of aromatic hydroxyl groups is 1. The number of nitrogens with one attached hydrogen (secondary N) is 2. The van der Waals surface area contributed by atoms with Gasteiger partial charge in [0.05, 0.1) is 5.69 Å². The van der Waals surface area contributed by atoms with Gasteiger partial charge in [0, 0.05) is 35.3 Å². The fourth-order valence-corrected chi connectivity index (χ4v) is 4.18. The molecule has 1 saturated heterocycles. The van der Waals surface area contributed by atoms with Crippen molar-refractivity contribution < 1.29 is 15.0 Å². The number of aromatic nitrogens is 2. The number of pyridine rings is 1. The van der Waals surface area contributed by atoms with Crippen molar-refractivity contribution in [1.29, 1.82) is 0 Å². The van der Waals surface area contributed by atoms with Crippen molar-refractivity contribution in [2.75, 3.05) is 19.6 Å². The van der Waals surface area contributed by atoms with E-state index in [1.165, 1.54) is 25.9 Å². The predicted octanol–water partition coefficient (Wildman–Crippen LogP) is 3.55. The Kier molecular flexibility index (Phi) is 6.53. The van der Waals surface area contributed by atoms with Gasteiger partial charge in [0.1, 0.15) is 5.75 Å². The van der Waals surface area contributed by atoms with Gasteiger partial charge in [-0.3, -0.25) is 4.79 Å². The fraction of sp³-hybridized carbons (Fsp3) is 0.364. The highest BCUT2D eigenvalue weighted by molar-refractivity contribution is 5.92. The van der Waals surface area contributed by atoms with Gasteiger partial charge in [0.2, 0.25) is 0 Å². The van der Waals surface area contributed by atoms with Crippen LogP contribution in [0.3, 0.4) is 0 Å². The van der Waals surface area contributed by atoms with Gasteiger partial charge in [0.15, 0.2) is 5.56 Å². The van der Waals surface area contributed by atoms with E-state index in [1.807, 2.05) is 25.1 Å². The van der Waals surface area contributed by atoms with Crippen LogP contribution in [0.5, 0.6) is 5.75 Å². The third-order valence-corrected chi connectivity index (χ3v) is 5.72. The summed E-state index contributed by atoms with van der Waals surface area (Å²) >= 11 is 0. The normalized spacial score (nSPS) is 14.2. The maximum Gasteiger partial charge on any atom is 0.345 e. The second-order valence-corrected chi connectivity index (χ2v) is 7.59. The first-order chi connectivity index (χ1) is 14.0. The molecule has 0 bridgehead atoms. The van der Waals surface area contributed by atoms with Crippen LogP contribution in [-0.2, 0) is 12.8 Å². The van der Waals surface area contributed by atoms with Gasteiger partial charge in [0.25, 0.3) is 5.56 Å². The molecule has 0 amide bonds. The summed E-state index contributed by atoms with van der Waals surface area (Å²) in [5.74, 6) is -1.90. The molecule has 0 aliphatic carbocycles. The number of H-pyrrole nitrogens is 2. The summed E-state index contributed by atoms with van der Waals surface area (Å²) in [7, 11) is 0. The van der Waals surface area contributed by atoms with Gasteiger partial charge in [-0.2, -0.15) is 0 Å². The van der Waals surface area contributed by atoms with Crippen molar-refractivity contribution in [2.45, 2.75) is 32.6 Å². The highest BCUT2D eigenvalue weighted by Crippen LogP contribution is 2.31. The Morgan fingerprint density at radius 1 is 1.17 bits per heavy atom. The molecule has 4 rings (SSSR count). The van der Waals surface area contributed by atoms with E-state index in [2.05, 4.69) is 20.9 Å². The van der Waals surface area contributed by atoms with Gasteiger partial charge in [-0.05, 0) is 49.9 Å². The van der Waals surface area contributed by atoms with Gasteiger partial charge >= 0.3 is 5.97 Å². The van der Waals surface area contributed by atoms with Crippen LogP contribution in [0.2, 0.25) is 0 Å². The van der Waals surface area contributed by atoms with Crippen molar-refractivity contribution in [1.82, 2.24) is 14.9 Å². The number of fused-ring (bicyclic) bond motifs is 1. The zero-order valence-electron chi connectivity index (χ0n) is 16.8. The minimum atomic E-state index is -1.44. The average molecular weight is 432 g/mol. The number of carbonyl (C=O) groups is 1. The van der Waals surface area contributed by atoms with Crippen LogP contribution < -0.4 is 5.56 Å². The lowest BCUT2D eigenvalue weighted by Crippen LogP contribution is -2.21. The zero-order valence-corrected chi connectivity index (χ0v) is 17.6. The molecule has 30 heavy (non-hydrogen) atoms.